The highest BCUT2D eigenvalue weighted by Gasteiger charge is 2.05. The molecule has 3 nitrogen and oxygen atoms in total. The molecular formula is C16H16BrNO2. The molecule has 2 rings (SSSR count). The van der Waals surface area contributed by atoms with Gasteiger partial charge in [-0.05, 0) is 17.7 Å². The summed E-state index contributed by atoms with van der Waals surface area (Å²) in [5, 5.41) is 4.87. The van der Waals surface area contributed by atoms with Gasteiger partial charge in [0.1, 0.15) is 25.2 Å². The molecule has 0 aromatic heterocycles. The lowest BCUT2D eigenvalue weighted by molar-refractivity contribution is 0.210. The van der Waals surface area contributed by atoms with Gasteiger partial charge in [0.05, 0.1) is 0 Å². The van der Waals surface area contributed by atoms with Crippen LogP contribution in [0.4, 0.5) is 0 Å². The van der Waals surface area contributed by atoms with Crippen molar-refractivity contribution in [3.63, 3.8) is 0 Å². The Bertz CT molecular complexity index is 552. The Hall–Kier alpha value is -1.81. The van der Waals surface area contributed by atoms with E-state index in [4.69, 9.17) is 9.57 Å². The second kappa shape index (κ2) is 7.70. The third-order valence-electron chi connectivity index (χ3n) is 2.76. The van der Waals surface area contributed by atoms with Gasteiger partial charge >= 0.3 is 0 Å². The van der Waals surface area contributed by atoms with E-state index in [1.54, 1.807) is 0 Å². The fourth-order valence-corrected chi connectivity index (χ4v) is 2.10. The highest BCUT2D eigenvalue weighted by Crippen LogP contribution is 2.14. The number of halogens is 1. The predicted molar refractivity (Wildman–Crippen MR) is 84.6 cm³/mol. The molecule has 0 N–H and O–H groups in total. The maximum atomic E-state index is 5.75. The Kier molecular flexibility index (Phi) is 5.62. The minimum Gasteiger partial charge on any atom is -0.487 e. The molecule has 0 atom stereocenters. The molecule has 0 aliphatic carbocycles. The molecule has 0 radical (unpaired) electrons. The highest BCUT2D eigenvalue weighted by atomic mass is 79.9. The Morgan fingerprint density at radius 2 is 1.75 bits per heavy atom. The molecule has 20 heavy (non-hydrogen) atoms. The van der Waals surface area contributed by atoms with Gasteiger partial charge in [0.25, 0.3) is 0 Å². The van der Waals surface area contributed by atoms with Crippen LogP contribution in [-0.4, -0.2) is 19.4 Å². The summed E-state index contributed by atoms with van der Waals surface area (Å²) in [6.07, 6.45) is 0. The average molecular weight is 334 g/mol. The van der Waals surface area contributed by atoms with Crippen LogP contribution >= 0.6 is 15.9 Å². The van der Waals surface area contributed by atoms with Crippen LogP contribution in [0.25, 0.3) is 0 Å². The first-order chi connectivity index (χ1) is 9.83. The van der Waals surface area contributed by atoms with Crippen molar-refractivity contribution < 1.29 is 9.57 Å². The molecular weight excluding hydrogens is 318 g/mol. The number of ether oxygens (including phenoxy) is 1. The zero-order chi connectivity index (χ0) is 14.2. The maximum Gasteiger partial charge on any atom is 0.134 e. The largest absolute Gasteiger partial charge is 0.487 e. The molecule has 0 amide bonds. The Morgan fingerprint density at radius 3 is 2.35 bits per heavy atom. The molecule has 0 unspecified atom stereocenters. The monoisotopic (exact) mass is 333 g/mol. The lowest BCUT2D eigenvalue weighted by Crippen LogP contribution is -2.13. The highest BCUT2D eigenvalue weighted by molar-refractivity contribution is 9.08. The van der Waals surface area contributed by atoms with Crippen LogP contribution in [0.3, 0.4) is 0 Å². The molecule has 104 valence electrons. The van der Waals surface area contributed by atoms with E-state index in [-0.39, 0.29) is 0 Å². The smallest absolute Gasteiger partial charge is 0.134 e. The average Bonchev–Trinajstić information content (AvgIpc) is 2.53. The standard InChI is InChI=1S/C16H16BrNO2/c1-19-18-16(14-5-3-2-4-6-14)12-20-15-9-7-13(11-17)8-10-15/h2-10H,11-12H2,1H3. The molecule has 0 saturated carbocycles. The number of hydrogen-bond acceptors (Lipinski definition) is 3. The molecule has 2 aromatic carbocycles. The van der Waals surface area contributed by atoms with E-state index in [1.807, 2.05) is 54.6 Å². The minimum atomic E-state index is 0.367. The second-order valence-corrected chi connectivity index (χ2v) is 4.71. The Balaban J connectivity index is 2.04. The molecule has 0 saturated heterocycles. The molecule has 0 bridgehead atoms. The van der Waals surface area contributed by atoms with Crippen molar-refractivity contribution in [3.05, 3.63) is 65.7 Å². The van der Waals surface area contributed by atoms with Gasteiger partial charge in [0.2, 0.25) is 0 Å². The van der Waals surface area contributed by atoms with Crippen LogP contribution in [0.15, 0.2) is 59.8 Å². The minimum absolute atomic E-state index is 0.367. The predicted octanol–water partition coefficient (Wildman–Crippen LogP) is 4.01. The summed E-state index contributed by atoms with van der Waals surface area (Å²) in [6, 6.07) is 17.8. The quantitative estimate of drug-likeness (QED) is 0.454. The van der Waals surface area contributed by atoms with E-state index in [0.717, 1.165) is 22.4 Å². The maximum absolute atomic E-state index is 5.75. The van der Waals surface area contributed by atoms with Gasteiger partial charge in [-0.3, -0.25) is 0 Å². The van der Waals surface area contributed by atoms with Gasteiger partial charge in [-0.15, -0.1) is 0 Å². The number of benzene rings is 2. The molecule has 0 heterocycles. The summed E-state index contributed by atoms with van der Waals surface area (Å²) >= 11 is 3.42. The van der Waals surface area contributed by atoms with E-state index in [2.05, 4.69) is 21.1 Å². The van der Waals surface area contributed by atoms with Crippen LogP contribution in [0.1, 0.15) is 11.1 Å². The van der Waals surface area contributed by atoms with Crippen molar-refractivity contribution >= 4 is 21.6 Å². The van der Waals surface area contributed by atoms with E-state index in [0.29, 0.717) is 6.61 Å². The molecule has 0 aliphatic rings. The zero-order valence-corrected chi connectivity index (χ0v) is 12.8. The fourth-order valence-electron chi connectivity index (χ4n) is 1.73. The van der Waals surface area contributed by atoms with Gasteiger partial charge in [-0.25, -0.2) is 0 Å². The Morgan fingerprint density at radius 1 is 1.05 bits per heavy atom. The third-order valence-corrected chi connectivity index (χ3v) is 3.41. The van der Waals surface area contributed by atoms with Gasteiger partial charge in [0.15, 0.2) is 0 Å². The van der Waals surface area contributed by atoms with E-state index in [1.165, 1.54) is 12.7 Å². The number of oxime groups is 1. The molecule has 4 heteroatoms. The summed E-state index contributed by atoms with van der Waals surface area (Å²) in [6.45, 7) is 0.367. The van der Waals surface area contributed by atoms with Crippen molar-refractivity contribution in [2.24, 2.45) is 5.16 Å². The summed E-state index contributed by atoms with van der Waals surface area (Å²) in [5.41, 5.74) is 2.97. The van der Waals surface area contributed by atoms with Gasteiger partial charge in [-0.2, -0.15) is 0 Å². The third kappa shape index (κ3) is 4.10. The number of nitrogens with zero attached hydrogens (tertiary/aromatic N) is 1. The first-order valence-corrected chi connectivity index (χ1v) is 7.39. The van der Waals surface area contributed by atoms with E-state index >= 15 is 0 Å². The molecule has 2 aromatic rings. The van der Waals surface area contributed by atoms with Crippen LogP contribution in [0.5, 0.6) is 5.75 Å². The molecule has 0 aliphatic heterocycles. The van der Waals surface area contributed by atoms with Crippen LogP contribution in [-0.2, 0) is 10.2 Å². The van der Waals surface area contributed by atoms with Gasteiger partial charge < -0.3 is 9.57 Å². The first kappa shape index (κ1) is 14.6. The lowest BCUT2D eigenvalue weighted by Gasteiger charge is -2.09. The number of rotatable bonds is 6. The summed E-state index contributed by atoms with van der Waals surface area (Å²) in [7, 11) is 1.54. The van der Waals surface area contributed by atoms with Crippen LogP contribution < -0.4 is 4.74 Å². The van der Waals surface area contributed by atoms with Gasteiger partial charge in [0, 0.05) is 10.9 Å². The first-order valence-electron chi connectivity index (χ1n) is 6.26. The Labute approximate surface area is 127 Å². The van der Waals surface area contributed by atoms with Crippen molar-refractivity contribution in [2.45, 2.75) is 5.33 Å². The topological polar surface area (TPSA) is 30.8 Å². The van der Waals surface area contributed by atoms with Gasteiger partial charge in [-0.1, -0.05) is 63.6 Å². The van der Waals surface area contributed by atoms with E-state index < -0.39 is 0 Å². The van der Waals surface area contributed by atoms with Crippen molar-refractivity contribution in [3.8, 4) is 5.75 Å². The van der Waals surface area contributed by atoms with Crippen molar-refractivity contribution in [2.75, 3.05) is 13.7 Å². The molecule has 0 spiro atoms. The number of alkyl halides is 1. The normalized spacial score (nSPS) is 11.2. The van der Waals surface area contributed by atoms with E-state index in [9.17, 15) is 0 Å². The SMILES string of the molecule is CON=C(COc1ccc(CBr)cc1)c1ccccc1. The van der Waals surface area contributed by atoms with Crippen LogP contribution in [0.2, 0.25) is 0 Å². The summed E-state index contributed by atoms with van der Waals surface area (Å²) in [5.74, 6) is 0.814. The molecule has 0 fully saturated rings. The van der Waals surface area contributed by atoms with Crippen molar-refractivity contribution in [1.82, 2.24) is 0 Å². The second-order valence-electron chi connectivity index (χ2n) is 4.15. The zero-order valence-electron chi connectivity index (χ0n) is 11.3. The van der Waals surface area contributed by atoms with Crippen LogP contribution in [0, 0.1) is 0 Å². The fraction of sp³-hybridized carbons (Fsp3) is 0.188. The number of hydrogen-bond donors (Lipinski definition) is 0. The van der Waals surface area contributed by atoms with Crippen molar-refractivity contribution in [1.29, 1.82) is 0 Å². The summed E-state index contributed by atoms with van der Waals surface area (Å²) < 4.78 is 5.75. The summed E-state index contributed by atoms with van der Waals surface area (Å²) in [4.78, 5) is 4.89. The lowest BCUT2D eigenvalue weighted by atomic mass is 10.1.